The Hall–Kier alpha value is -2.95. The first kappa shape index (κ1) is 15.6. The minimum absolute atomic E-state index is 0.231. The normalized spacial score (nSPS) is 14.0. The largest absolute Gasteiger partial charge is 0.493 e. The SMILES string of the molecule is Cc1c([C@H](C)NC(=O)Nc2ccc3c(c2)CCO3)oc2ccccc12. The summed E-state index contributed by atoms with van der Waals surface area (Å²) in [6, 6.07) is 13.1. The molecule has 3 aromatic rings. The molecule has 1 atom stereocenters. The lowest BCUT2D eigenvalue weighted by molar-refractivity contribution is 0.248. The van der Waals surface area contributed by atoms with E-state index in [0.717, 1.165) is 45.7 Å². The first-order chi connectivity index (χ1) is 12.1. The van der Waals surface area contributed by atoms with Crippen LogP contribution in [0.4, 0.5) is 10.5 Å². The van der Waals surface area contributed by atoms with Gasteiger partial charge in [-0.15, -0.1) is 0 Å². The van der Waals surface area contributed by atoms with Gasteiger partial charge in [-0.05, 0) is 43.7 Å². The van der Waals surface area contributed by atoms with Crippen molar-refractivity contribution >= 4 is 22.7 Å². The third-order valence-electron chi connectivity index (χ3n) is 4.57. The molecule has 0 saturated heterocycles. The van der Waals surface area contributed by atoms with Crippen LogP contribution in [0.2, 0.25) is 0 Å². The van der Waals surface area contributed by atoms with Gasteiger partial charge in [-0.2, -0.15) is 0 Å². The Bertz CT molecular complexity index is 945. The summed E-state index contributed by atoms with van der Waals surface area (Å²) in [6.45, 7) is 4.63. The van der Waals surface area contributed by atoms with Gasteiger partial charge < -0.3 is 19.8 Å². The summed E-state index contributed by atoms with van der Waals surface area (Å²) in [5.74, 6) is 1.68. The van der Waals surface area contributed by atoms with Gasteiger partial charge in [0.1, 0.15) is 17.1 Å². The average Bonchev–Trinajstić information content (AvgIpc) is 3.19. The number of anilines is 1. The van der Waals surface area contributed by atoms with Gasteiger partial charge in [-0.3, -0.25) is 0 Å². The van der Waals surface area contributed by atoms with E-state index < -0.39 is 0 Å². The maximum atomic E-state index is 12.3. The van der Waals surface area contributed by atoms with Crippen LogP contribution in [0, 0.1) is 6.92 Å². The molecular formula is C20H20N2O3. The zero-order valence-electron chi connectivity index (χ0n) is 14.3. The highest BCUT2D eigenvalue weighted by Gasteiger charge is 2.19. The van der Waals surface area contributed by atoms with Crippen LogP contribution in [-0.4, -0.2) is 12.6 Å². The summed E-state index contributed by atoms with van der Waals surface area (Å²) < 4.78 is 11.4. The van der Waals surface area contributed by atoms with E-state index in [1.54, 1.807) is 0 Å². The standard InChI is InChI=1S/C20H20N2O3/c1-12-16-5-3-4-6-18(16)25-19(12)13(2)21-20(23)22-15-7-8-17-14(11-15)9-10-24-17/h3-8,11,13H,9-10H2,1-2H3,(H2,21,22,23)/t13-/m0/s1. The van der Waals surface area contributed by atoms with Gasteiger partial charge in [0.05, 0.1) is 12.6 Å². The minimum atomic E-state index is -0.258. The Morgan fingerprint density at radius 1 is 1.20 bits per heavy atom. The van der Waals surface area contributed by atoms with Gasteiger partial charge in [0.2, 0.25) is 0 Å². The summed E-state index contributed by atoms with van der Waals surface area (Å²) in [7, 11) is 0. The van der Waals surface area contributed by atoms with Crippen LogP contribution >= 0.6 is 0 Å². The molecule has 4 rings (SSSR count). The number of furan rings is 1. The molecule has 1 aliphatic rings. The van der Waals surface area contributed by atoms with E-state index in [1.165, 1.54) is 0 Å². The van der Waals surface area contributed by atoms with E-state index in [2.05, 4.69) is 10.6 Å². The number of rotatable bonds is 3. The van der Waals surface area contributed by atoms with E-state index in [0.29, 0.717) is 6.61 Å². The number of nitrogens with one attached hydrogen (secondary N) is 2. The number of urea groups is 1. The molecule has 0 saturated carbocycles. The Morgan fingerprint density at radius 3 is 2.88 bits per heavy atom. The van der Waals surface area contributed by atoms with Gasteiger partial charge in [-0.25, -0.2) is 4.79 Å². The molecule has 5 nitrogen and oxygen atoms in total. The molecule has 128 valence electrons. The summed E-state index contributed by atoms with van der Waals surface area (Å²) >= 11 is 0. The fourth-order valence-corrected chi connectivity index (χ4v) is 3.30. The van der Waals surface area contributed by atoms with E-state index in [1.807, 2.05) is 56.3 Å². The Kier molecular flexibility index (Phi) is 3.84. The van der Waals surface area contributed by atoms with Crippen LogP contribution in [0.5, 0.6) is 5.75 Å². The van der Waals surface area contributed by atoms with Crippen LogP contribution in [0.3, 0.4) is 0 Å². The topological polar surface area (TPSA) is 63.5 Å². The van der Waals surface area contributed by atoms with E-state index in [9.17, 15) is 4.79 Å². The molecule has 25 heavy (non-hydrogen) atoms. The molecule has 1 aromatic heterocycles. The predicted molar refractivity (Wildman–Crippen MR) is 97.2 cm³/mol. The summed E-state index contributed by atoms with van der Waals surface area (Å²) in [4.78, 5) is 12.3. The Morgan fingerprint density at radius 2 is 2.04 bits per heavy atom. The highest BCUT2D eigenvalue weighted by atomic mass is 16.5. The summed E-state index contributed by atoms with van der Waals surface area (Å²) in [5.41, 5.74) is 3.77. The lowest BCUT2D eigenvalue weighted by Gasteiger charge is -2.14. The molecule has 2 amide bonds. The number of amides is 2. The number of hydrogen-bond donors (Lipinski definition) is 2. The summed E-state index contributed by atoms with van der Waals surface area (Å²) in [6.07, 6.45) is 0.876. The monoisotopic (exact) mass is 336 g/mol. The van der Waals surface area contributed by atoms with E-state index >= 15 is 0 Å². The smallest absolute Gasteiger partial charge is 0.319 e. The van der Waals surface area contributed by atoms with Crippen molar-refractivity contribution in [2.24, 2.45) is 0 Å². The number of ether oxygens (including phenoxy) is 1. The van der Waals surface area contributed by atoms with Crippen molar-refractivity contribution in [3.8, 4) is 5.75 Å². The van der Waals surface area contributed by atoms with Crippen molar-refractivity contribution in [3.05, 3.63) is 59.4 Å². The average molecular weight is 336 g/mol. The van der Waals surface area contributed by atoms with Crippen LogP contribution < -0.4 is 15.4 Å². The van der Waals surface area contributed by atoms with Gasteiger partial charge in [-0.1, -0.05) is 18.2 Å². The second-order valence-electron chi connectivity index (χ2n) is 6.33. The van der Waals surface area contributed by atoms with Crippen LogP contribution in [-0.2, 0) is 6.42 Å². The highest BCUT2D eigenvalue weighted by molar-refractivity contribution is 5.90. The van der Waals surface area contributed by atoms with Gasteiger partial charge in [0, 0.05) is 23.1 Å². The van der Waals surface area contributed by atoms with Gasteiger partial charge >= 0.3 is 6.03 Å². The molecule has 0 aliphatic carbocycles. The van der Waals surface area contributed by atoms with Crippen molar-refractivity contribution in [1.82, 2.24) is 5.32 Å². The van der Waals surface area contributed by atoms with Crippen LogP contribution in [0.25, 0.3) is 11.0 Å². The Balaban J connectivity index is 1.47. The quantitative estimate of drug-likeness (QED) is 0.737. The second kappa shape index (κ2) is 6.16. The number of aryl methyl sites for hydroxylation is 1. The van der Waals surface area contributed by atoms with Crippen molar-refractivity contribution in [1.29, 1.82) is 0 Å². The number of para-hydroxylation sites is 1. The molecule has 2 N–H and O–H groups in total. The third kappa shape index (κ3) is 2.93. The summed E-state index contributed by atoms with van der Waals surface area (Å²) in [5, 5.41) is 6.89. The molecule has 0 bridgehead atoms. The molecular weight excluding hydrogens is 316 g/mol. The van der Waals surface area contributed by atoms with Crippen molar-refractivity contribution in [3.63, 3.8) is 0 Å². The van der Waals surface area contributed by atoms with Crippen molar-refractivity contribution < 1.29 is 13.9 Å². The van der Waals surface area contributed by atoms with E-state index in [-0.39, 0.29) is 12.1 Å². The van der Waals surface area contributed by atoms with Crippen molar-refractivity contribution in [2.75, 3.05) is 11.9 Å². The number of hydrogen-bond acceptors (Lipinski definition) is 3. The lowest BCUT2D eigenvalue weighted by atomic mass is 10.1. The van der Waals surface area contributed by atoms with Crippen LogP contribution in [0.15, 0.2) is 46.9 Å². The Labute approximate surface area is 146 Å². The zero-order chi connectivity index (χ0) is 17.4. The molecule has 2 heterocycles. The number of benzene rings is 2. The number of carbonyl (C=O) groups is 1. The third-order valence-corrected chi connectivity index (χ3v) is 4.57. The predicted octanol–water partition coefficient (Wildman–Crippen LogP) is 4.56. The minimum Gasteiger partial charge on any atom is -0.493 e. The van der Waals surface area contributed by atoms with Crippen molar-refractivity contribution in [2.45, 2.75) is 26.3 Å². The molecule has 0 spiro atoms. The second-order valence-corrected chi connectivity index (χ2v) is 6.33. The lowest BCUT2D eigenvalue weighted by Crippen LogP contribution is -2.31. The van der Waals surface area contributed by atoms with Gasteiger partial charge in [0.25, 0.3) is 0 Å². The molecule has 2 aromatic carbocycles. The highest BCUT2D eigenvalue weighted by Crippen LogP contribution is 2.30. The molecule has 5 heteroatoms. The number of fused-ring (bicyclic) bond motifs is 2. The maximum absolute atomic E-state index is 12.3. The molecule has 0 radical (unpaired) electrons. The fourth-order valence-electron chi connectivity index (χ4n) is 3.30. The van der Waals surface area contributed by atoms with E-state index in [4.69, 9.17) is 9.15 Å². The molecule has 1 aliphatic heterocycles. The zero-order valence-corrected chi connectivity index (χ0v) is 14.3. The van der Waals surface area contributed by atoms with Gasteiger partial charge in [0.15, 0.2) is 0 Å². The number of carbonyl (C=O) groups excluding carboxylic acids is 1. The van der Waals surface area contributed by atoms with Crippen LogP contribution in [0.1, 0.15) is 29.9 Å². The fraction of sp³-hybridized carbons (Fsp3) is 0.250. The first-order valence-electron chi connectivity index (χ1n) is 8.43. The maximum Gasteiger partial charge on any atom is 0.319 e. The molecule has 0 unspecified atom stereocenters. The first-order valence-corrected chi connectivity index (χ1v) is 8.43. The molecule has 0 fully saturated rings.